The predicted octanol–water partition coefficient (Wildman–Crippen LogP) is 1.03. The van der Waals surface area contributed by atoms with E-state index in [0.29, 0.717) is 19.8 Å². The lowest BCUT2D eigenvalue weighted by Crippen LogP contribution is -2.45. The van der Waals surface area contributed by atoms with E-state index in [1.807, 2.05) is 0 Å². The van der Waals surface area contributed by atoms with Gasteiger partial charge in [0.2, 0.25) is 0 Å². The third-order valence-electron chi connectivity index (χ3n) is 2.26. The first-order valence-corrected chi connectivity index (χ1v) is 4.27. The molecule has 1 aliphatic rings. The molecule has 0 aromatic heterocycles. The monoisotopic (exact) mass is 186 g/mol. The molecule has 0 amide bonds. The molecule has 0 bridgehead atoms. The Morgan fingerprint density at radius 2 is 2.38 bits per heavy atom. The molecule has 1 heterocycles. The van der Waals surface area contributed by atoms with Gasteiger partial charge in [-0.1, -0.05) is 6.92 Å². The van der Waals surface area contributed by atoms with Crippen LogP contribution in [0.3, 0.4) is 0 Å². The van der Waals surface area contributed by atoms with Crippen LogP contribution in [-0.4, -0.2) is 30.9 Å². The topological polar surface area (TPSA) is 55.8 Å². The first kappa shape index (κ1) is 10.1. The highest BCUT2D eigenvalue weighted by Gasteiger charge is 2.37. The third kappa shape index (κ3) is 2.73. The fourth-order valence-corrected chi connectivity index (χ4v) is 1.11. The molecule has 0 aromatic carbocycles. The summed E-state index contributed by atoms with van der Waals surface area (Å²) in [5.74, 6) is -0.990. The average molecular weight is 186 g/mol. The SMILES string of the molecule is CCC1(COC=CC(=O)O)COC1. The summed E-state index contributed by atoms with van der Waals surface area (Å²) in [6, 6.07) is 0. The van der Waals surface area contributed by atoms with Crippen LogP contribution in [0, 0.1) is 5.41 Å². The first-order valence-electron chi connectivity index (χ1n) is 4.27. The number of rotatable bonds is 5. The predicted molar refractivity (Wildman–Crippen MR) is 46.3 cm³/mol. The van der Waals surface area contributed by atoms with E-state index in [1.54, 1.807) is 0 Å². The summed E-state index contributed by atoms with van der Waals surface area (Å²) in [5.41, 5.74) is 0.114. The summed E-state index contributed by atoms with van der Waals surface area (Å²) >= 11 is 0. The second kappa shape index (κ2) is 4.28. The number of carbonyl (C=O) groups is 1. The molecule has 0 aromatic rings. The largest absolute Gasteiger partial charge is 0.500 e. The molecule has 0 spiro atoms. The van der Waals surface area contributed by atoms with Crippen LogP contribution in [0.4, 0.5) is 0 Å². The van der Waals surface area contributed by atoms with Gasteiger partial charge >= 0.3 is 5.97 Å². The van der Waals surface area contributed by atoms with Gasteiger partial charge in [-0.25, -0.2) is 4.79 Å². The van der Waals surface area contributed by atoms with Crippen LogP contribution in [0.25, 0.3) is 0 Å². The van der Waals surface area contributed by atoms with Crippen LogP contribution >= 0.6 is 0 Å². The maximum absolute atomic E-state index is 10.1. The van der Waals surface area contributed by atoms with E-state index in [1.165, 1.54) is 6.26 Å². The highest BCUT2D eigenvalue weighted by Crippen LogP contribution is 2.31. The smallest absolute Gasteiger partial charge is 0.331 e. The molecule has 13 heavy (non-hydrogen) atoms. The van der Waals surface area contributed by atoms with Crippen molar-refractivity contribution in [3.8, 4) is 0 Å². The van der Waals surface area contributed by atoms with E-state index in [-0.39, 0.29) is 5.41 Å². The Morgan fingerprint density at radius 1 is 1.69 bits per heavy atom. The van der Waals surface area contributed by atoms with Crippen molar-refractivity contribution >= 4 is 5.97 Å². The van der Waals surface area contributed by atoms with Crippen LogP contribution in [0.2, 0.25) is 0 Å². The summed E-state index contributed by atoms with van der Waals surface area (Å²) in [6.07, 6.45) is 3.20. The van der Waals surface area contributed by atoms with Gasteiger partial charge in [0.25, 0.3) is 0 Å². The van der Waals surface area contributed by atoms with Crippen molar-refractivity contribution in [3.63, 3.8) is 0 Å². The summed E-state index contributed by atoms with van der Waals surface area (Å²) in [5, 5.41) is 8.28. The zero-order valence-electron chi connectivity index (χ0n) is 7.66. The lowest BCUT2D eigenvalue weighted by Gasteiger charge is -2.39. The van der Waals surface area contributed by atoms with Gasteiger partial charge in [0.15, 0.2) is 0 Å². The van der Waals surface area contributed by atoms with Crippen molar-refractivity contribution in [1.82, 2.24) is 0 Å². The highest BCUT2D eigenvalue weighted by atomic mass is 16.5. The van der Waals surface area contributed by atoms with Gasteiger partial charge in [0, 0.05) is 0 Å². The molecule has 0 atom stereocenters. The van der Waals surface area contributed by atoms with Crippen LogP contribution in [0.15, 0.2) is 12.3 Å². The Balaban J connectivity index is 2.21. The maximum atomic E-state index is 10.1. The lowest BCUT2D eigenvalue weighted by molar-refractivity contribution is -0.140. The maximum Gasteiger partial charge on any atom is 0.331 e. The zero-order valence-corrected chi connectivity index (χ0v) is 7.66. The number of hydrogen-bond acceptors (Lipinski definition) is 3. The van der Waals surface area contributed by atoms with E-state index in [0.717, 1.165) is 12.5 Å². The first-order chi connectivity index (χ1) is 6.18. The Bertz CT molecular complexity index is 200. The van der Waals surface area contributed by atoms with E-state index < -0.39 is 5.97 Å². The Kier molecular flexibility index (Phi) is 3.31. The highest BCUT2D eigenvalue weighted by molar-refractivity contribution is 5.79. The molecular formula is C9H14O4. The minimum atomic E-state index is -0.990. The number of carboxylic acids is 1. The van der Waals surface area contributed by atoms with E-state index in [4.69, 9.17) is 14.6 Å². The number of hydrogen-bond donors (Lipinski definition) is 1. The fraction of sp³-hybridized carbons (Fsp3) is 0.667. The summed E-state index contributed by atoms with van der Waals surface area (Å²) < 4.78 is 10.2. The third-order valence-corrected chi connectivity index (χ3v) is 2.26. The molecule has 1 aliphatic heterocycles. The van der Waals surface area contributed by atoms with Gasteiger partial charge < -0.3 is 14.6 Å². The van der Waals surface area contributed by atoms with Crippen molar-refractivity contribution in [2.24, 2.45) is 5.41 Å². The van der Waals surface area contributed by atoms with Gasteiger partial charge in [-0.2, -0.15) is 0 Å². The second-order valence-corrected chi connectivity index (χ2v) is 3.30. The number of carboxylic acid groups (broad SMARTS) is 1. The van der Waals surface area contributed by atoms with Crippen molar-refractivity contribution in [2.75, 3.05) is 19.8 Å². The molecule has 0 saturated carbocycles. The molecule has 1 saturated heterocycles. The Morgan fingerprint density at radius 3 is 2.77 bits per heavy atom. The minimum absolute atomic E-state index is 0.114. The molecule has 0 radical (unpaired) electrons. The van der Waals surface area contributed by atoms with Crippen LogP contribution in [0.1, 0.15) is 13.3 Å². The molecule has 0 unspecified atom stereocenters. The fourth-order valence-electron chi connectivity index (χ4n) is 1.11. The molecule has 0 aliphatic carbocycles. The minimum Gasteiger partial charge on any atom is -0.500 e. The molecule has 4 heteroatoms. The van der Waals surface area contributed by atoms with Gasteiger partial charge in [-0.3, -0.25) is 0 Å². The molecule has 1 rings (SSSR count). The normalized spacial score (nSPS) is 19.8. The van der Waals surface area contributed by atoms with Crippen LogP contribution in [-0.2, 0) is 14.3 Å². The van der Waals surface area contributed by atoms with Gasteiger partial charge in [-0.05, 0) is 6.42 Å². The molecular weight excluding hydrogens is 172 g/mol. The molecule has 1 N–H and O–H groups in total. The average Bonchev–Trinajstić information content (AvgIpc) is 2.01. The van der Waals surface area contributed by atoms with Crippen LogP contribution < -0.4 is 0 Å². The van der Waals surface area contributed by atoms with E-state index >= 15 is 0 Å². The van der Waals surface area contributed by atoms with Crippen molar-refractivity contribution in [1.29, 1.82) is 0 Å². The zero-order chi connectivity index (χ0) is 9.73. The number of aliphatic carboxylic acids is 1. The Hall–Kier alpha value is -1.03. The van der Waals surface area contributed by atoms with Crippen molar-refractivity contribution < 1.29 is 19.4 Å². The van der Waals surface area contributed by atoms with Crippen molar-refractivity contribution in [3.05, 3.63) is 12.3 Å². The van der Waals surface area contributed by atoms with Crippen molar-refractivity contribution in [2.45, 2.75) is 13.3 Å². The standard InChI is InChI=1S/C9H14O4/c1-2-9(6-13-7-9)5-12-4-3-8(10)11/h3-4H,2,5-7H2,1H3,(H,10,11). The Labute approximate surface area is 77.1 Å². The second-order valence-electron chi connectivity index (χ2n) is 3.30. The molecule has 1 fully saturated rings. The summed E-state index contributed by atoms with van der Waals surface area (Å²) in [6.45, 7) is 4.04. The molecule has 4 nitrogen and oxygen atoms in total. The molecule has 74 valence electrons. The lowest BCUT2D eigenvalue weighted by atomic mass is 9.84. The number of ether oxygens (including phenoxy) is 2. The summed E-state index contributed by atoms with van der Waals surface area (Å²) in [7, 11) is 0. The summed E-state index contributed by atoms with van der Waals surface area (Å²) in [4.78, 5) is 10.1. The van der Waals surface area contributed by atoms with Crippen LogP contribution in [0.5, 0.6) is 0 Å². The van der Waals surface area contributed by atoms with Gasteiger partial charge in [-0.15, -0.1) is 0 Å². The van der Waals surface area contributed by atoms with E-state index in [2.05, 4.69) is 6.92 Å². The van der Waals surface area contributed by atoms with Gasteiger partial charge in [0.1, 0.15) is 0 Å². The van der Waals surface area contributed by atoms with Gasteiger partial charge in [0.05, 0.1) is 37.6 Å². The quantitative estimate of drug-likeness (QED) is 0.514. The van der Waals surface area contributed by atoms with E-state index in [9.17, 15) is 4.79 Å².